The van der Waals surface area contributed by atoms with Crippen LogP contribution in [0.25, 0.3) is 0 Å². The largest absolute Gasteiger partial charge is 0.349 e. The number of anilines is 1. The second kappa shape index (κ2) is 7.89. The third-order valence-electron chi connectivity index (χ3n) is 3.29. The Morgan fingerprint density at radius 2 is 1.78 bits per heavy atom. The van der Waals surface area contributed by atoms with Gasteiger partial charge in [-0.05, 0) is 30.2 Å². The molecule has 0 aliphatic carbocycles. The van der Waals surface area contributed by atoms with Gasteiger partial charge >= 0.3 is 0 Å². The van der Waals surface area contributed by atoms with Gasteiger partial charge in [-0.15, -0.1) is 6.58 Å². The van der Waals surface area contributed by atoms with Crippen molar-refractivity contribution < 1.29 is 9.59 Å². The van der Waals surface area contributed by atoms with Gasteiger partial charge in [0.25, 0.3) is 11.8 Å². The maximum Gasteiger partial charge on any atom is 0.257 e. The molecule has 0 spiro atoms. The van der Waals surface area contributed by atoms with Crippen LogP contribution in [0.5, 0.6) is 0 Å². The first-order chi connectivity index (χ1) is 11.1. The molecule has 0 unspecified atom stereocenters. The first-order valence-corrected chi connectivity index (χ1v) is 7.38. The van der Waals surface area contributed by atoms with Gasteiger partial charge < -0.3 is 10.6 Å². The van der Waals surface area contributed by atoms with Crippen molar-refractivity contribution in [2.45, 2.75) is 13.3 Å². The molecule has 0 atom stereocenters. The monoisotopic (exact) mass is 309 g/mol. The molecule has 0 aliphatic rings. The lowest BCUT2D eigenvalue weighted by Gasteiger charge is -2.07. The summed E-state index contributed by atoms with van der Waals surface area (Å²) in [6, 6.07) is 9.15. The van der Waals surface area contributed by atoms with E-state index in [-0.39, 0.29) is 11.8 Å². The molecule has 0 saturated carbocycles. The number of amides is 2. The number of nitrogens with zero attached hydrogens (tertiary/aromatic N) is 1. The SMILES string of the molecule is C=CCNC(=O)c1cncc(C(=O)Nc2ccc(CC)cc2)c1. The van der Waals surface area contributed by atoms with Crippen molar-refractivity contribution >= 4 is 17.5 Å². The number of pyridine rings is 1. The van der Waals surface area contributed by atoms with Crippen LogP contribution in [0.3, 0.4) is 0 Å². The quantitative estimate of drug-likeness (QED) is 0.806. The summed E-state index contributed by atoms with van der Waals surface area (Å²) in [5, 5.41) is 5.44. The Hall–Kier alpha value is -2.95. The Bertz CT molecular complexity index is 708. The summed E-state index contributed by atoms with van der Waals surface area (Å²) in [5.74, 6) is -0.598. The van der Waals surface area contributed by atoms with E-state index in [4.69, 9.17) is 0 Å². The summed E-state index contributed by atoms with van der Waals surface area (Å²) in [4.78, 5) is 28.1. The Morgan fingerprint density at radius 3 is 2.39 bits per heavy atom. The zero-order valence-electron chi connectivity index (χ0n) is 13.0. The van der Waals surface area contributed by atoms with Gasteiger partial charge in [0.2, 0.25) is 0 Å². The summed E-state index contributed by atoms with van der Waals surface area (Å²) >= 11 is 0. The van der Waals surface area contributed by atoms with Crippen molar-refractivity contribution in [3.05, 3.63) is 72.1 Å². The third kappa shape index (κ3) is 4.51. The van der Waals surface area contributed by atoms with Crippen LogP contribution in [-0.2, 0) is 6.42 Å². The van der Waals surface area contributed by atoms with E-state index in [1.54, 1.807) is 6.08 Å². The number of aromatic nitrogens is 1. The Labute approximate surface area is 135 Å². The van der Waals surface area contributed by atoms with Crippen LogP contribution in [-0.4, -0.2) is 23.3 Å². The minimum absolute atomic E-state index is 0.292. The average molecular weight is 309 g/mol. The van der Waals surface area contributed by atoms with E-state index < -0.39 is 0 Å². The van der Waals surface area contributed by atoms with Gasteiger partial charge in [0.05, 0.1) is 11.1 Å². The smallest absolute Gasteiger partial charge is 0.257 e. The highest BCUT2D eigenvalue weighted by molar-refractivity contribution is 6.05. The van der Waals surface area contributed by atoms with Crippen LogP contribution in [0, 0.1) is 0 Å². The van der Waals surface area contributed by atoms with E-state index in [1.807, 2.05) is 24.3 Å². The molecule has 5 heteroatoms. The normalized spacial score (nSPS) is 9.96. The lowest BCUT2D eigenvalue weighted by Crippen LogP contribution is -2.24. The second-order valence-electron chi connectivity index (χ2n) is 4.97. The summed E-state index contributed by atoms with van der Waals surface area (Å²) in [5.41, 5.74) is 2.57. The van der Waals surface area contributed by atoms with Crippen molar-refractivity contribution in [3.8, 4) is 0 Å². The molecule has 2 aromatic rings. The van der Waals surface area contributed by atoms with E-state index in [2.05, 4.69) is 29.1 Å². The zero-order valence-corrected chi connectivity index (χ0v) is 13.0. The van der Waals surface area contributed by atoms with Gasteiger partial charge in [0.1, 0.15) is 0 Å². The maximum absolute atomic E-state index is 12.3. The van der Waals surface area contributed by atoms with Crippen LogP contribution < -0.4 is 10.6 Å². The van der Waals surface area contributed by atoms with Crippen LogP contribution in [0.4, 0.5) is 5.69 Å². The third-order valence-corrected chi connectivity index (χ3v) is 3.29. The molecule has 1 heterocycles. The molecule has 2 rings (SSSR count). The van der Waals surface area contributed by atoms with Crippen molar-refractivity contribution in [3.63, 3.8) is 0 Å². The Balaban J connectivity index is 2.09. The van der Waals surface area contributed by atoms with Gasteiger partial charge in [-0.1, -0.05) is 25.1 Å². The van der Waals surface area contributed by atoms with Crippen LogP contribution in [0.1, 0.15) is 33.2 Å². The van der Waals surface area contributed by atoms with Crippen LogP contribution >= 0.6 is 0 Å². The van der Waals surface area contributed by atoms with Crippen molar-refractivity contribution in [2.24, 2.45) is 0 Å². The predicted octanol–water partition coefficient (Wildman–Crippen LogP) is 2.81. The van der Waals surface area contributed by atoms with Crippen molar-refractivity contribution in [1.29, 1.82) is 0 Å². The van der Waals surface area contributed by atoms with E-state index in [1.165, 1.54) is 24.0 Å². The highest BCUT2D eigenvalue weighted by Gasteiger charge is 2.11. The van der Waals surface area contributed by atoms with Gasteiger partial charge in [-0.2, -0.15) is 0 Å². The van der Waals surface area contributed by atoms with Crippen LogP contribution in [0.2, 0.25) is 0 Å². The number of carbonyl (C=O) groups excluding carboxylic acids is 2. The van der Waals surface area contributed by atoms with E-state index in [9.17, 15) is 9.59 Å². The van der Waals surface area contributed by atoms with Gasteiger partial charge in [-0.25, -0.2) is 0 Å². The maximum atomic E-state index is 12.3. The fourth-order valence-electron chi connectivity index (χ4n) is 1.98. The highest BCUT2D eigenvalue weighted by Crippen LogP contribution is 2.12. The predicted molar refractivity (Wildman–Crippen MR) is 90.5 cm³/mol. The molecular formula is C18H19N3O2. The number of rotatable bonds is 6. The fraction of sp³-hybridized carbons (Fsp3) is 0.167. The molecule has 118 valence electrons. The molecule has 2 N–H and O–H groups in total. The van der Waals surface area contributed by atoms with Crippen LogP contribution in [0.15, 0.2) is 55.4 Å². The van der Waals surface area contributed by atoms with E-state index in [0.29, 0.717) is 23.4 Å². The number of hydrogen-bond donors (Lipinski definition) is 2. The molecule has 0 saturated heterocycles. The number of benzene rings is 1. The fourth-order valence-corrected chi connectivity index (χ4v) is 1.98. The summed E-state index contributed by atoms with van der Waals surface area (Å²) < 4.78 is 0. The number of nitrogens with one attached hydrogen (secondary N) is 2. The number of aryl methyl sites for hydroxylation is 1. The number of carbonyl (C=O) groups is 2. The molecule has 0 aliphatic heterocycles. The summed E-state index contributed by atoms with van der Waals surface area (Å²) in [6.45, 7) is 5.97. The molecule has 0 bridgehead atoms. The molecule has 1 aromatic heterocycles. The summed E-state index contributed by atoms with van der Waals surface area (Å²) in [7, 11) is 0. The molecular weight excluding hydrogens is 290 g/mol. The van der Waals surface area contributed by atoms with Gasteiger partial charge in [0, 0.05) is 24.6 Å². The first kappa shape index (κ1) is 16.4. The molecule has 5 nitrogen and oxygen atoms in total. The lowest BCUT2D eigenvalue weighted by molar-refractivity contribution is 0.0957. The Morgan fingerprint density at radius 1 is 1.13 bits per heavy atom. The minimum Gasteiger partial charge on any atom is -0.349 e. The number of hydrogen-bond acceptors (Lipinski definition) is 3. The summed E-state index contributed by atoms with van der Waals surface area (Å²) in [6.07, 6.45) is 5.38. The minimum atomic E-state index is -0.305. The molecule has 0 radical (unpaired) electrons. The molecule has 23 heavy (non-hydrogen) atoms. The molecule has 1 aromatic carbocycles. The molecule has 2 amide bonds. The van der Waals surface area contributed by atoms with Gasteiger partial charge in [-0.3, -0.25) is 14.6 Å². The van der Waals surface area contributed by atoms with E-state index in [0.717, 1.165) is 6.42 Å². The molecule has 0 fully saturated rings. The van der Waals surface area contributed by atoms with E-state index >= 15 is 0 Å². The Kier molecular flexibility index (Phi) is 5.63. The van der Waals surface area contributed by atoms with Crippen molar-refractivity contribution in [1.82, 2.24) is 10.3 Å². The first-order valence-electron chi connectivity index (χ1n) is 7.38. The average Bonchev–Trinajstić information content (AvgIpc) is 2.60. The standard InChI is InChI=1S/C18H19N3O2/c1-3-9-20-17(22)14-10-15(12-19-11-14)18(23)21-16-7-5-13(4-2)6-8-16/h3,5-8,10-12H,1,4,9H2,2H3,(H,20,22)(H,21,23). The highest BCUT2D eigenvalue weighted by atomic mass is 16.2. The topological polar surface area (TPSA) is 71.1 Å². The second-order valence-corrected chi connectivity index (χ2v) is 4.97. The lowest BCUT2D eigenvalue weighted by atomic mass is 10.1. The van der Waals surface area contributed by atoms with Crippen molar-refractivity contribution in [2.75, 3.05) is 11.9 Å². The zero-order chi connectivity index (χ0) is 16.7. The van der Waals surface area contributed by atoms with Gasteiger partial charge in [0.15, 0.2) is 0 Å².